The van der Waals surface area contributed by atoms with Crippen LogP contribution in [-0.2, 0) is 6.42 Å². The Hall–Kier alpha value is -1.22. The van der Waals surface area contributed by atoms with Crippen LogP contribution in [-0.4, -0.2) is 26.3 Å². The number of aryl methyl sites for hydroxylation is 1. The summed E-state index contributed by atoms with van der Waals surface area (Å²) in [5.74, 6) is 1.66. The summed E-state index contributed by atoms with van der Waals surface area (Å²) in [6, 6.07) is 6.87. The molecule has 0 atom stereocenters. The Morgan fingerprint density at radius 1 is 1.29 bits per heavy atom. The monoisotopic (exact) mass is 235 g/mol. The van der Waals surface area contributed by atoms with Gasteiger partial charge in [0.15, 0.2) is 11.5 Å². The first-order valence-corrected chi connectivity index (χ1v) is 6.36. The summed E-state index contributed by atoms with van der Waals surface area (Å²) in [6.07, 6.45) is 3.64. The van der Waals surface area contributed by atoms with Gasteiger partial charge in [0.25, 0.3) is 0 Å². The van der Waals surface area contributed by atoms with E-state index in [-0.39, 0.29) is 0 Å². The smallest absolute Gasteiger partial charge is 0.161 e. The largest absolute Gasteiger partial charge is 0.493 e. The second-order valence-electron chi connectivity index (χ2n) is 4.42. The van der Waals surface area contributed by atoms with Crippen LogP contribution in [0.15, 0.2) is 18.2 Å². The highest BCUT2D eigenvalue weighted by atomic mass is 16.5. The maximum Gasteiger partial charge on any atom is 0.161 e. The highest BCUT2D eigenvalue weighted by molar-refractivity contribution is 5.42. The van der Waals surface area contributed by atoms with Crippen LogP contribution in [0.1, 0.15) is 25.3 Å². The van der Waals surface area contributed by atoms with Crippen LogP contribution in [0.5, 0.6) is 11.5 Å². The van der Waals surface area contributed by atoms with Gasteiger partial charge in [0.1, 0.15) is 6.61 Å². The minimum atomic E-state index is 0.693. The van der Waals surface area contributed by atoms with Gasteiger partial charge in [0, 0.05) is 12.6 Å². The molecule has 3 nitrogen and oxygen atoms in total. The molecular formula is C14H21NO2. The molecule has 0 spiro atoms. The second kappa shape index (κ2) is 5.92. The van der Waals surface area contributed by atoms with Gasteiger partial charge in [-0.05, 0) is 37.0 Å². The van der Waals surface area contributed by atoms with Crippen LogP contribution in [0, 0.1) is 0 Å². The number of hydrogen-bond acceptors (Lipinski definition) is 3. The van der Waals surface area contributed by atoms with Crippen LogP contribution in [0.2, 0.25) is 0 Å². The molecule has 94 valence electrons. The standard InChI is InChI=1S/C14H21NO2/c1-3-11-4-7-13(14(10-11)16-2)17-9-8-15-12-5-6-12/h4,7,10,12,15H,3,5-6,8-9H2,1-2H3. The first kappa shape index (κ1) is 12.2. The first-order valence-electron chi connectivity index (χ1n) is 6.36. The van der Waals surface area contributed by atoms with Crippen molar-refractivity contribution in [1.29, 1.82) is 0 Å². The van der Waals surface area contributed by atoms with E-state index in [4.69, 9.17) is 9.47 Å². The second-order valence-corrected chi connectivity index (χ2v) is 4.42. The number of nitrogens with one attached hydrogen (secondary N) is 1. The summed E-state index contributed by atoms with van der Waals surface area (Å²) < 4.78 is 11.1. The van der Waals surface area contributed by atoms with Crippen LogP contribution in [0.25, 0.3) is 0 Å². The fourth-order valence-electron chi connectivity index (χ4n) is 1.76. The maximum absolute atomic E-state index is 5.72. The lowest BCUT2D eigenvalue weighted by atomic mass is 10.1. The summed E-state index contributed by atoms with van der Waals surface area (Å²) in [5.41, 5.74) is 1.27. The Kier molecular flexibility index (Phi) is 4.26. The van der Waals surface area contributed by atoms with E-state index in [2.05, 4.69) is 18.3 Å². The summed E-state index contributed by atoms with van der Waals surface area (Å²) in [4.78, 5) is 0. The van der Waals surface area contributed by atoms with Crippen molar-refractivity contribution < 1.29 is 9.47 Å². The topological polar surface area (TPSA) is 30.5 Å². The van der Waals surface area contributed by atoms with E-state index in [0.717, 1.165) is 30.5 Å². The molecule has 1 aliphatic rings. The van der Waals surface area contributed by atoms with Gasteiger partial charge in [0.2, 0.25) is 0 Å². The Morgan fingerprint density at radius 2 is 2.12 bits per heavy atom. The lowest BCUT2D eigenvalue weighted by molar-refractivity contribution is 0.291. The highest BCUT2D eigenvalue weighted by Gasteiger charge is 2.19. The summed E-state index contributed by atoms with van der Waals surface area (Å²) in [7, 11) is 1.68. The van der Waals surface area contributed by atoms with Crippen molar-refractivity contribution in [1.82, 2.24) is 5.32 Å². The molecule has 0 heterocycles. The van der Waals surface area contributed by atoms with E-state index in [9.17, 15) is 0 Å². The van der Waals surface area contributed by atoms with Crippen molar-refractivity contribution in [2.45, 2.75) is 32.2 Å². The van der Waals surface area contributed by atoms with Crippen molar-refractivity contribution in [2.75, 3.05) is 20.3 Å². The van der Waals surface area contributed by atoms with Gasteiger partial charge in [-0.3, -0.25) is 0 Å². The van der Waals surface area contributed by atoms with Gasteiger partial charge in [-0.15, -0.1) is 0 Å². The van der Waals surface area contributed by atoms with Crippen LogP contribution >= 0.6 is 0 Å². The molecule has 0 amide bonds. The molecule has 1 N–H and O–H groups in total. The zero-order valence-corrected chi connectivity index (χ0v) is 10.7. The maximum atomic E-state index is 5.72. The zero-order chi connectivity index (χ0) is 12.1. The van der Waals surface area contributed by atoms with Crippen molar-refractivity contribution in [3.05, 3.63) is 23.8 Å². The van der Waals surface area contributed by atoms with Gasteiger partial charge < -0.3 is 14.8 Å². The fourth-order valence-corrected chi connectivity index (χ4v) is 1.76. The number of benzene rings is 1. The third-order valence-electron chi connectivity index (χ3n) is 3.01. The normalized spacial score (nSPS) is 14.7. The van der Waals surface area contributed by atoms with E-state index in [0.29, 0.717) is 6.61 Å². The average Bonchev–Trinajstić information content (AvgIpc) is 3.18. The highest BCUT2D eigenvalue weighted by Crippen LogP contribution is 2.28. The van der Waals surface area contributed by atoms with Crippen LogP contribution in [0.4, 0.5) is 0 Å². The van der Waals surface area contributed by atoms with Gasteiger partial charge in [-0.1, -0.05) is 13.0 Å². The molecule has 0 bridgehead atoms. The van der Waals surface area contributed by atoms with Gasteiger partial charge >= 0.3 is 0 Å². The molecule has 0 aromatic heterocycles. The average molecular weight is 235 g/mol. The van der Waals surface area contributed by atoms with Gasteiger partial charge in [0.05, 0.1) is 7.11 Å². The van der Waals surface area contributed by atoms with Crippen LogP contribution < -0.4 is 14.8 Å². The van der Waals surface area contributed by atoms with E-state index in [1.165, 1.54) is 18.4 Å². The molecule has 0 unspecified atom stereocenters. The Balaban J connectivity index is 1.84. The predicted octanol–water partition coefficient (Wildman–Crippen LogP) is 2.39. The number of methoxy groups -OCH3 is 1. The number of hydrogen-bond donors (Lipinski definition) is 1. The Bertz CT molecular complexity index is 361. The third kappa shape index (κ3) is 3.63. The predicted molar refractivity (Wildman–Crippen MR) is 68.9 cm³/mol. The fraction of sp³-hybridized carbons (Fsp3) is 0.571. The molecule has 0 saturated heterocycles. The third-order valence-corrected chi connectivity index (χ3v) is 3.01. The van der Waals surface area contributed by atoms with E-state index in [1.54, 1.807) is 7.11 Å². The van der Waals surface area contributed by atoms with Crippen LogP contribution in [0.3, 0.4) is 0 Å². The minimum absolute atomic E-state index is 0.693. The molecular weight excluding hydrogens is 214 g/mol. The molecule has 1 saturated carbocycles. The minimum Gasteiger partial charge on any atom is -0.493 e. The molecule has 1 aliphatic carbocycles. The molecule has 1 fully saturated rings. The van der Waals surface area contributed by atoms with Gasteiger partial charge in [-0.2, -0.15) is 0 Å². The zero-order valence-electron chi connectivity index (χ0n) is 10.7. The summed E-state index contributed by atoms with van der Waals surface area (Å²) >= 11 is 0. The van der Waals surface area contributed by atoms with Gasteiger partial charge in [-0.25, -0.2) is 0 Å². The number of rotatable bonds is 7. The molecule has 0 aliphatic heterocycles. The first-order chi connectivity index (χ1) is 8.33. The van der Waals surface area contributed by atoms with Crippen molar-refractivity contribution in [3.63, 3.8) is 0 Å². The summed E-state index contributed by atoms with van der Waals surface area (Å²) in [5, 5.41) is 3.42. The quantitative estimate of drug-likeness (QED) is 0.736. The lowest BCUT2D eigenvalue weighted by Crippen LogP contribution is -2.22. The Morgan fingerprint density at radius 3 is 2.76 bits per heavy atom. The molecule has 17 heavy (non-hydrogen) atoms. The van der Waals surface area contributed by atoms with Crippen molar-refractivity contribution in [3.8, 4) is 11.5 Å². The van der Waals surface area contributed by atoms with E-state index < -0.39 is 0 Å². The number of ether oxygens (including phenoxy) is 2. The SMILES string of the molecule is CCc1ccc(OCCNC2CC2)c(OC)c1. The lowest BCUT2D eigenvalue weighted by Gasteiger charge is -2.12. The van der Waals surface area contributed by atoms with Crippen molar-refractivity contribution in [2.24, 2.45) is 0 Å². The molecule has 2 rings (SSSR count). The van der Waals surface area contributed by atoms with E-state index in [1.807, 2.05) is 12.1 Å². The Labute approximate surface area is 103 Å². The molecule has 3 heteroatoms. The summed E-state index contributed by atoms with van der Waals surface area (Å²) in [6.45, 7) is 3.73. The molecule has 1 aromatic rings. The van der Waals surface area contributed by atoms with E-state index >= 15 is 0 Å². The molecule has 1 aromatic carbocycles. The van der Waals surface area contributed by atoms with Crippen molar-refractivity contribution >= 4 is 0 Å². The molecule has 0 radical (unpaired) electrons.